The highest BCUT2D eigenvalue weighted by Gasteiger charge is 2.59. The van der Waals surface area contributed by atoms with E-state index in [-0.39, 0.29) is 17.2 Å². The third kappa shape index (κ3) is 2.09. The van der Waals surface area contributed by atoms with Crippen LogP contribution < -0.4 is 0 Å². The molecule has 1 aliphatic heterocycles. The normalized spacial score (nSPS) is 25.9. The highest BCUT2D eigenvalue weighted by atomic mass is 32.1. The van der Waals surface area contributed by atoms with E-state index in [0.29, 0.717) is 13.1 Å². The minimum atomic E-state index is -0.663. The van der Waals surface area contributed by atoms with E-state index in [1.165, 1.54) is 16.9 Å². The number of hydrogen-bond donors (Lipinski definition) is 1. The number of nitrogens with zero attached hydrogens (tertiary/aromatic N) is 1. The molecule has 2 aliphatic carbocycles. The lowest BCUT2D eigenvalue weighted by Gasteiger charge is -2.32. The van der Waals surface area contributed by atoms with Gasteiger partial charge in [0.2, 0.25) is 0 Å². The molecule has 3 aliphatic rings. The molecule has 1 unspecified atom stereocenters. The maximum absolute atomic E-state index is 12.6. The molecule has 1 saturated heterocycles. The number of carbonyl (C=O) groups excluding carboxylic acids is 1. The molecule has 4 nitrogen and oxygen atoms in total. The average Bonchev–Trinajstić information content (AvgIpc) is 2.82. The van der Waals surface area contributed by atoms with Crippen molar-refractivity contribution >= 4 is 23.2 Å². The predicted molar refractivity (Wildman–Crippen MR) is 79.7 cm³/mol. The van der Waals surface area contributed by atoms with Gasteiger partial charge in [0.05, 0.1) is 10.8 Å². The number of carboxylic acids is 1. The van der Waals surface area contributed by atoms with Crippen LogP contribution in [-0.4, -0.2) is 35.0 Å². The van der Waals surface area contributed by atoms with Crippen molar-refractivity contribution in [3.05, 3.63) is 21.4 Å². The number of piperidine rings is 1. The molecule has 5 heteroatoms. The summed E-state index contributed by atoms with van der Waals surface area (Å²) in [5.41, 5.74) is 1.37. The minimum absolute atomic E-state index is 0.000178. The van der Waals surface area contributed by atoms with Crippen molar-refractivity contribution in [3.63, 3.8) is 0 Å². The first kappa shape index (κ1) is 13.3. The summed E-state index contributed by atoms with van der Waals surface area (Å²) in [5, 5.41) is 9.11. The van der Waals surface area contributed by atoms with Crippen LogP contribution in [0.25, 0.3) is 0 Å². The van der Waals surface area contributed by atoms with E-state index in [2.05, 4.69) is 6.07 Å². The van der Waals surface area contributed by atoms with Gasteiger partial charge in [-0.2, -0.15) is 0 Å². The molecule has 1 N–H and O–H groups in total. The molecular weight excluding hydrogens is 286 g/mol. The Morgan fingerprint density at radius 2 is 2.05 bits per heavy atom. The Morgan fingerprint density at radius 1 is 1.29 bits per heavy atom. The Bertz CT molecular complexity index is 592. The number of fused-ring (bicyclic) bond motifs is 1. The van der Waals surface area contributed by atoms with Gasteiger partial charge in [-0.3, -0.25) is 9.59 Å². The van der Waals surface area contributed by atoms with Crippen molar-refractivity contribution in [3.8, 4) is 0 Å². The summed E-state index contributed by atoms with van der Waals surface area (Å²) in [7, 11) is 0. The van der Waals surface area contributed by atoms with Crippen molar-refractivity contribution in [2.45, 2.75) is 38.5 Å². The first-order valence-corrected chi connectivity index (χ1v) is 8.54. The molecule has 1 spiro atoms. The van der Waals surface area contributed by atoms with E-state index in [0.717, 1.165) is 37.0 Å². The van der Waals surface area contributed by atoms with E-state index in [9.17, 15) is 9.59 Å². The largest absolute Gasteiger partial charge is 0.481 e. The molecule has 1 saturated carbocycles. The summed E-state index contributed by atoms with van der Waals surface area (Å²) in [4.78, 5) is 27.8. The second-order valence-electron chi connectivity index (χ2n) is 6.66. The summed E-state index contributed by atoms with van der Waals surface area (Å²) in [6.45, 7) is 1.43. The number of carbonyl (C=O) groups is 2. The van der Waals surface area contributed by atoms with Crippen LogP contribution >= 0.6 is 11.3 Å². The lowest BCUT2D eigenvalue weighted by Crippen LogP contribution is -2.39. The van der Waals surface area contributed by atoms with Crippen LogP contribution in [0.1, 0.15) is 45.8 Å². The molecule has 4 rings (SSSR count). The Morgan fingerprint density at radius 3 is 2.67 bits per heavy atom. The van der Waals surface area contributed by atoms with Gasteiger partial charge in [-0.15, -0.1) is 11.3 Å². The van der Waals surface area contributed by atoms with Crippen molar-refractivity contribution in [1.82, 2.24) is 4.90 Å². The maximum Gasteiger partial charge on any atom is 0.307 e. The van der Waals surface area contributed by atoms with Crippen LogP contribution in [0.15, 0.2) is 6.07 Å². The van der Waals surface area contributed by atoms with Crippen molar-refractivity contribution in [1.29, 1.82) is 0 Å². The fourth-order valence-electron chi connectivity index (χ4n) is 3.99. The first-order chi connectivity index (χ1) is 10.1. The second kappa shape index (κ2) is 4.57. The van der Waals surface area contributed by atoms with Crippen LogP contribution in [0.4, 0.5) is 0 Å². The van der Waals surface area contributed by atoms with E-state index >= 15 is 0 Å². The van der Waals surface area contributed by atoms with Gasteiger partial charge in [-0.05, 0) is 55.6 Å². The number of rotatable bonds is 2. The van der Waals surface area contributed by atoms with Crippen molar-refractivity contribution < 1.29 is 14.7 Å². The smallest absolute Gasteiger partial charge is 0.307 e. The predicted octanol–water partition coefficient (Wildman–Crippen LogP) is 2.56. The number of thiophene rings is 1. The SMILES string of the molecule is O=C(O)C1CC12CCN(C(=O)c1cc3c(s1)CCC3)CC2. The van der Waals surface area contributed by atoms with Crippen LogP contribution in [0, 0.1) is 11.3 Å². The molecule has 1 aromatic heterocycles. The van der Waals surface area contributed by atoms with Gasteiger partial charge in [0.1, 0.15) is 0 Å². The molecule has 0 radical (unpaired) electrons. The third-order valence-corrected chi connectivity index (χ3v) is 6.72. The summed E-state index contributed by atoms with van der Waals surface area (Å²) in [5.74, 6) is -0.679. The molecule has 0 bridgehead atoms. The Balaban J connectivity index is 1.42. The highest BCUT2D eigenvalue weighted by Crippen LogP contribution is 2.59. The standard InChI is InChI=1S/C16H19NO3S/c18-14(13-8-10-2-1-3-12(10)21-13)17-6-4-16(5-7-17)9-11(16)15(19)20/h8,11H,1-7,9H2,(H,19,20). The van der Waals surface area contributed by atoms with Gasteiger partial charge in [-0.25, -0.2) is 0 Å². The summed E-state index contributed by atoms with van der Waals surface area (Å²) < 4.78 is 0. The van der Waals surface area contributed by atoms with Gasteiger partial charge in [0.25, 0.3) is 5.91 Å². The quantitative estimate of drug-likeness (QED) is 0.913. The van der Waals surface area contributed by atoms with Gasteiger partial charge < -0.3 is 10.0 Å². The first-order valence-electron chi connectivity index (χ1n) is 7.73. The Labute approximate surface area is 127 Å². The minimum Gasteiger partial charge on any atom is -0.481 e. The van der Waals surface area contributed by atoms with Gasteiger partial charge in [-0.1, -0.05) is 0 Å². The zero-order valence-electron chi connectivity index (χ0n) is 11.9. The third-order valence-electron chi connectivity index (χ3n) is 5.49. The van der Waals surface area contributed by atoms with Gasteiger partial charge in [0.15, 0.2) is 0 Å². The molecule has 0 aromatic carbocycles. The Hall–Kier alpha value is -1.36. The van der Waals surface area contributed by atoms with Crippen LogP contribution in [0.5, 0.6) is 0 Å². The van der Waals surface area contributed by atoms with Gasteiger partial charge >= 0.3 is 5.97 Å². The molecule has 1 aromatic rings. The summed E-state index contributed by atoms with van der Waals surface area (Å²) >= 11 is 1.66. The number of carboxylic acid groups (broad SMARTS) is 1. The van der Waals surface area contributed by atoms with E-state index < -0.39 is 5.97 Å². The number of hydrogen-bond acceptors (Lipinski definition) is 3. The maximum atomic E-state index is 12.6. The number of amides is 1. The molecular formula is C16H19NO3S. The molecule has 2 fully saturated rings. The Kier molecular flexibility index (Phi) is 2.89. The average molecular weight is 305 g/mol. The zero-order chi connectivity index (χ0) is 14.6. The lowest BCUT2D eigenvalue weighted by atomic mass is 9.91. The molecule has 21 heavy (non-hydrogen) atoms. The molecule has 2 heterocycles. The lowest BCUT2D eigenvalue weighted by molar-refractivity contribution is -0.139. The fraction of sp³-hybridized carbons (Fsp3) is 0.625. The molecule has 1 amide bonds. The van der Waals surface area contributed by atoms with E-state index in [1.807, 2.05) is 4.90 Å². The van der Waals surface area contributed by atoms with Crippen LogP contribution in [-0.2, 0) is 17.6 Å². The molecule has 112 valence electrons. The number of aryl methyl sites for hydroxylation is 2. The van der Waals surface area contributed by atoms with Crippen LogP contribution in [0.3, 0.4) is 0 Å². The summed E-state index contributed by atoms with van der Waals surface area (Å²) in [6.07, 6.45) is 5.96. The monoisotopic (exact) mass is 305 g/mol. The van der Waals surface area contributed by atoms with Gasteiger partial charge in [0, 0.05) is 18.0 Å². The number of likely N-dealkylation sites (tertiary alicyclic amines) is 1. The van der Waals surface area contributed by atoms with Crippen molar-refractivity contribution in [2.75, 3.05) is 13.1 Å². The highest BCUT2D eigenvalue weighted by molar-refractivity contribution is 7.14. The molecule has 1 atom stereocenters. The second-order valence-corrected chi connectivity index (χ2v) is 7.80. The fourth-order valence-corrected chi connectivity index (χ4v) is 5.22. The van der Waals surface area contributed by atoms with Crippen LogP contribution in [0.2, 0.25) is 0 Å². The zero-order valence-corrected chi connectivity index (χ0v) is 12.7. The summed E-state index contributed by atoms with van der Waals surface area (Å²) in [6, 6.07) is 2.08. The topological polar surface area (TPSA) is 57.6 Å². The van der Waals surface area contributed by atoms with Crippen molar-refractivity contribution in [2.24, 2.45) is 11.3 Å². The number of aliphatic carboxylic acids is 1. The van der Waals surface area contributed by atoms with E-state index in [1.54, 1.807) is 11.3 Å². The van der Waals surface area contributed by atoms with E-state index in [4.69, 9.17) is 5.11 Å².